The van der Waals surface area contributed by atoms with Gasteiger partial charge in [-0.05, 0) is 23.7 Å². The number of nitrogens with zero attached hydrogens (tertiary/aromatic N) is 3. The van der Waals surface area contributed by atoms with Gasteiger partial charge in [0, 0.05) is 4.90 Å². The molecule has 1 aromatic heterocycles. The number of hydrogen-bond donors (Lipinski definition) is 2. The molecule has 1 aromatic carbocycles. The summed E-state index contributed by atoms with van der Waals surface area (Å²) in [6.45, 7) is 0. The van der Waals surface area contributed by atoms with E-state index in [1.54, 1.807) is 12.1 Å². The van der Waals surface area contributed by atoms with Crippen LogP contribution in [-0.2, 0) is 0 Å². The van der Waals surface area contributed by atoms with E-state index in [-0.39, 0.29) is 11.4 Å². The summed E-state index contributed by atoms with van der Waals surface area (Å²) in [4.78, 5) is 4.50. The summed E-state index contributed by atoms with van der Waals surface area (Å²) < 4.78 is 18.1. The fraction of sp³-hybridized carbons (Fsp3) is 0. The third kappa shape index (κ3) is 2.53. The van der Waals surface area contributed by atoms with Crippen LogP contribution in [-0.4, -0.2) is 20.4 Å². The van der Waals surface area contributed by atoms with Crippen molar-refractivity contribution in [2.75, 3.05) is 0 Å². The SMILES string of the molecule is NC(=NO)c1c(F)cccc1Sc1ncns1. The van der Waals surface area contributed by atoms with Gasteiger partial charge in [0.15, 0.2) is 10.2 Å². The van der Waals surface area contributed by atoms with Crippen LogP contribution in [0.5, 0.6) is 0 Å². The molecule has 0 saturated carbocycles. The molecule has 0 radical (unpaired) electrons. The minimum Gasteiger partial charge on any atom is -0.409 e. The lowest BCUT2D eigenvalue weighted by Crippen LogP contribution is -2.16. The Morgan fingerprint density at radius 3 is 3.00 bits per heavy atom. The molecule has 0 saturated heterocycles. The summed E-state index contributed by atoms with van der Waals surface area (Å²) in [6, 6.07) is 4.47. The molecule has 0 aliphatic carbocycles. The maximum absolute atomic E-state index is 13.6. The lowest BCUT2D eigenvalue weighted by atomic mass is 10.2. The van der Waals surface area contributed by atoms with E-state index in [1.807, 2.05) is 0 Å². The Kier molecular flexibility index (Phi) is 3.55. The van der Waals surface area contributed by atoms with Gasteiger partial charge in [0.1, 0.15) is 12.1 Å². The zero-order chi connectivity index (χ0) is 12.3. The van der Waals surface area contributed by atoms with Gasteiger partial charge in [-0.2, -0.15) is 4.37 Å². The molecule has 8 heteroatoms. The van der Waals surface area contributed by atoms with Gasteiger partial charge in [-0.15, -0.1) is 0 Å². The van der Waals surface area contributed by atoms with E-state index in [9.17, 15) is 4.39 Å². The predicted octanol–water partition coefficient (Wildman–Crippen LogP) is 1.92. The third-order valence-corrected chi connectivity index (χ3v) is 3.65. The average Bonchev–Trinajstić information content (AvgIpc) is 2.81. The Morgan fingerprint density at radius 2 is 2.35 bits per heavy atom. The first kappa shape index (κ1) is 11.8. The predicted molar refractivity (Wildman–Crippen MR) is 62.9 cm³/mol. The molecule has 0 amide bonds. The molecule has 3 N–H and O–H groups in total. The van der Waals surface area contributed by atoms with Gasteiger partial charge in [0.25, 0.3) is 0 Å². The second-order valence-electron chi connectivity index (χ2n) is 2.91. The van der Waals surface area contributed by atoms with E-state index in [2.05, 4.69) is 14.5 Å². The second-order valence-corrected chi connectivity index (χ2v) is 4.98. The van der Waals surface area contributed by atoms with Crippen molar-refractivity contribution in [1.82, 2.24) is 9.36 Å². The Hall–Kier alpha value is -1.67. The monoisotopic (exact) mass is 270 g/mol. The quantitative estimate of drug-likeness (QED) is 0.385. The highest BCUT2D eigenvalue weighted by Gasteiger charge is 2.14. The summed E-state index contributed by atoms with van der Waals surface area (Å²) in [7, 11) is 0. The summed E-state index contributed by atoms with van der Waals surface area (Å²) in [6.07, 6.45) is 1.41. The number of aromatic nitrogens is 2. The van der Waals surface area contributed by atoms with Crippen molar-refractivity contribution in [3.63, 3.8) is 0 Å². The third-order valence-electron chi connectivity index (χ3n) is 1.88. The molecule has 0 atom stereocenters. The fourth-order valence-corrected chi connectivity index (χ4v) is 2.75. The van der Waals surface area contributed by atoms with Crippen molar-refractivity contribution in [2.45, 2.75) is 9.24 Å². The van der Waals surface area contributed by atoms with E-state index in [0.29, 0.717) is 9.24 Å². The maximum atomic E-state index is 13.6. The van der Waals surface area contributed by atoms with Crippen molar-refractivity contribution in [3.05, 3.63) is 35.9 Å². The van der Waals surface area contributed by atoms with Gasteiger partial charge in [-0.25, -0.2) is 9.37 Å². The molecule has 17 heavy (non-hydrogen) atoms. The van der Waals surface area contributed by atoms with Crippen molar-refractivity contribution < 1.29 is 9.60 Å². The maximum Gasteiger partial charge on any atom is 0.174 e. The molecule has 0 spiro atoms. The Morgan fingerprint density at radius 1 is 1.53 bits per heavy atom. The summed E-state index contributed by atoms with van der Waals surface area (Å²) >= 11 is 2.40. The molecule has 1 heterocycles. The fourth-order valence-electron chi connectivity index (χ4n) is 1.19. The van der Waals surface area contributed by atoms with Crippen LogP contribution < -0.4 is 5.73 Å². The van der Waals surface area contributed by atoms with E-state index < -0.39 is 5.82 Å². The van der Waals surface area contributed by atoms with Crippen LogP contribution in [0.25, 0.3) is 0 Å². The number of nitrogens with two attached hydrogens (primary N) is 1. The molecule has 0 fully saturated rings. The highest BCUT2D eigenvalue weighted by atomic mass is 32.2. The normalized spacial score (nSPS) is 11.7. The molecular formula is C9H7FN4OS2. The summed E-state index contributed by atoms with van der Waals surface area (Å²) in [5.41, 5.74) is 5.50. The van der Waals surface area contributed by atoms with Crippen LogP contribution >= 0.6 is 23.3 Å². The van der Waals surface area contributed by atoms with E-state index in [0.717, 1.165) is 0 Å². The Bertz CT molecular complexity index is 544. The van der Waals surface area contributed by atoms with Crippen LogP contribution in [0.15, 0.2) is 38.9 Å². The number of halogens is 1. The highest BCUT2D eigenvalue weighted by molar-refractivity contribution is 8.01. The molecule has 0 unspecified atom stereocenters. The minimum absolute atomic E-state index is 0.0650. The number of rotatable bonds is 3. The molecule has 0 aliphatic rings. The smallest absolute Gasteiger partial charge is 0.174 e. The molecule has 88 valence electrons. The standard InChI is InChI=1S/C9H7FN4OS2/c10-5-2-1-3-6(7(5)8(11)14-15)16-9-12-4-13-17-9/h1-4,15H,(H2,11,14). The first-order valence-corrected chi connectivity index (χ1v) is 6.02. The van der Waals surface area contributed by atoms with Gasteiger partial charge in [-0.1, -0.05) is 23.0 Å². The lowest BCUT2D eigenvalue weighted by molar-refractivity contribution is 0.318. The molecule has 5 nitrogen and oxygen atoms in total. The summed E-state index contributed by atoms with van der Waals surface area (Å²) in [5.74, 6) is -0.815. The van der Waals surface area contributed by atoms with E-state index in [1.165, 1.54) is 35.7 Å². The van der Waals surface area contributed by atoms with Crippen LogP contribution in [0.4, 0.5) is 4.39 Å². The minimum atomic E-state index is -0.546. The Balaban J connectivity index is 2.43. The number of amidine groups is 1. The van der Waals surface area contributed by atoms with Gasteiger partial charge in [-0.3, -0.25) is 0 Å². The van der Waals surface area contributed by atoms with Gasteiger partial charge >= 0.3 is 0 Å². The molecule has 2 rings (SSSR count). The molecule has 0 bridgehead atoms. The Labute approximate surface area is 104 Å². The number of oxime groups is 1. The van der Waals surface area contributed by atoms with Crippen molar-refractivity contribution in [3.8, 4) is 0 Å². The van der Waals surface area contributed by atoms with Crippen LogP contribution in [0.3, 0.4) is 0 Å². The second kappa shape index (κ2) is 5.11. The van der Waals surface area contributed by atoms with E-state index in [4.69, 9.17) is 10.9 Å². The van der Waals surface area contributed by atoms with Crippen LogP contribution in [0, 0.1) is 5.82 Å². The van der Waals surface area contributed by atoms with Crippen LogP contribution in [0.1, 0.15) is 5.56 Å². The zero-order valence-electron chi connectivity index (χ0n) is 8.37. The topological polar surface area (TPSA) is 84.4 Å². The van der Waals surface area contributed by atoms with Crippen molar-refractivity contribution >= 4 is 29.1 Å². The van der Waals surface area contributed by atoms with Crippen molar-refractivity contribution in [2.24, 2.45) is 10.9 Å². The zero-order valence-corrected chi connectivity index (χ0v) is 10.0. The number of benzene rings is 1. The molecule has 2 aromatic rings. The summed E-state index contributed by atoms with van der Waals surface area (Å²) in [5, 5.41) is 11.4. The van der Waals surface area contributed by atoms with Crippen LogP contribution in [0.2, 0.25) is 0 Å². The molecule has 0 aliphatic heterocycles. The number of hydrogen-bond acceptors (Lipinski definition) is 6. The van der Waals surface area contributed by atoms with Gasteiger partial charge < -0.3 is 10.9 Å². The lowest BCUT2D eigenvalue weighted by Gasteiger charge is -2.06. The van der Waals surface area contributed by atoms with Gasteiger partial charge in [0.2, 0.25) is 0 Å². The first-order chi connectivity index (χ1) is 8.22. The first-order valence-electron chi connectivity index (χ1n) is 4.43. The van der Waals surface area contributed by atoms with Crippen molar-refractivity contribution in [1.29, 1.82) is 0 Å². The molecular weight excluding hydrogens is 263 g/mol. The average molecular weight is 270 g/mol. The van der Waals surface area contributed by atoms with Gasteiger partial charge in [0.05, 0.1) is 5.56 Å². The largest absolute Gasteiger partial charge is 0.409 e. The highest BCUT2D eigenvalue weighted by Crippen LogP contribution is 2.31. The van der Waals surface area contributed by atoms with E-state index >= 15 is 0 Å².